The lowest BCUT2D eigenvalue weighted by Crippen LogP contribution is -2.24. The van der Waals surface area contributed by atoms with Gasteiger partial charge in [-0.25, -0.2) is 0 Å². The maximum absolute atomic E-state index is 11.7. The van der Waals surface area contributed by atoms with Crippen LogP contribution in [-0.2, 0) is 17.1 Å². The molecule has 1 amide bonds. The summed E-state index contributed by atoms with van der Waals surface area (Å²) in [6, 6.07) is 17.6. The zero-order chi connectivity index (χ0) is 14.2. The van der Waals surface area contributed by atoms with Crippen molar-refractivity contribution in [1.29, 1.82) is 0 Å². The standard InChI is InChI=1S/C16H16ClNOS/c17-15-8-6-14(7-9-15)11-20-12-16(19)18-10-13-4-2-1-3-5-13/h1-9H,10-12H2,(H,18,19). The van der Waals surface area contributed by atoms with Crippen molar-refractivity contribution in [2.24, 2.45) is 0 Å². The fraction of sp³-hybridized carbons (Fsp3) is 0.188. The van der Waals surface area contributed by atoms with Gasteiger partial charge in [0, 0.05) is 17.3 Å². The van der Waals surface area contributed by atoms with Crippen LogP contribution in [0.25, 0.3) is 0 Å². The summed E-state index contributed by atoms with van der Waals surface area (Å²) in [5.41, 5.74) is 2.29. The summed E-state index contributed by atoms with van der Waals surface area (Å²) in [7, 11) is 0. The Kier molecular flexibility index (Phi) is 5.96. The number of thioether (sulfide) groups is 1. The molecule has 20 heavy (non-hydrogen) atoms. The van der Waals surface area contributed by atoms with Gasteiger partial charge in [-0.2, -0.15) is 0 Å². The van der Waals surface area contributed by atoms with Gasteiger partial charge in [-0.3, -0.25) is 4.79 Å². The van der Waals surface area contributed by atoms with E-state index in [1.807, 2.05) is 54.6 Å². The van der Waals surface area contributed by atoms with Gasteiger partial charge in [-0.15, -0.1) is 11.8 Å². The molecule has 0 heterocycles. The molecule has 0 bridgehead atoms. The maximum Gasteiger partial charge on any atom is 0.230 e. The van der Waals surface area contributed by atoms with E-state index < -0.39 is 0 Å². The summed E-state index contributed by atoms with van der Waals surface area (Å²) in [5, 5.41) is 3.65. The van der Waals surface area contributed by atoms with Crippen molar-refractivity contribution >= 4 is 29.3 Å². The molecule has 0 aliphatic rings. The second kappa shape index (κ2) is 7.98. The van der Waals surface area contributed by atoms with E-state index in [2.05, 4.69) is 5.32 Å². The highest BCUT2D eigenvalue weighted by atomic mass is 35.5. The second-order valence-corrected chi connectivity index (χ2v) is 5.80. The first kappa shape index (κ1) is 14.9. The molecule has 0 atom stereocenters. The van der Waals surface area contributed by atoms with Crippen LogP contribution in [0.3, 0.4) is 0 Å². The first-order chi connectivity index (χ1) is 9.74. The van der Waals surface area contributed by atoms with Crippen molar-refractivity contribution in [3.05, 3.63) is 70.7 Å². The minimum atomic E-state index is 0.0628. The Morgan fingerprint density at radius 2 is 1.70 bits per heavy atom. The number of nitrogens with one attached hydrogen (secondary N) is 1. The molecular formula is C16H16ClNOS. The highest BCUT2D eigenvalue weighted by Gasteiger charge is 2.02. The molecule has 0 spiro atoms. The van der Waals surface area contributed by atoms with Crippen LogP contribution in [0.1, 0.15) is 11.1 Å². The normalized spacial score (nSPS) is 10.2. The Labute approximate surface area is 128 Å². The van der Waals surface area contributed by atoms with E-state index in [1.165, 1.54) is 5.56 Å². The van der Waals surface area contributed by atoms with Crippen molar-refractivity contribution in [2.75, 3.05) is 5.75 Å². The summed E-state index contributed by atoms with van der Waals surface area (Å²) in [4.78, 5) is 11.7. The highest BCUT2D eigenvalue weighted by Crippen LogP contribution is 2.15. The number of carbonyl (C=O) groups excluding carboxylic acids is 1. The molecule has 2 aromatic rings. The maximum atomic E-state index is 11.7. The number of amides is 1. The summed E-state index contributed by atoms with van der Waals surface area (Å²) >= 11 is 7.43. The molecule has 2 rings (SSSR count). The summed E-state index contributed by atoms with van der Waals surface area (Å²) < 4.78 is 0. The van der Waals surface area contributed by atoms with Crippen molar-refractivity contribution in [3.63, 3.8) is 0 Å². The van der Waals surface area contributed by atoms with E-state index in [0.29, 0.717) is 12.3 Å². The molecule has 0 saturated heterocycles. The van der Waals surface area contributed by atoms with Crippen molar-refractivity contribution in [3.8, 4) is 0 Å². The molecule has 2 aromatic carbocycles. The van der Waals surface area contributed by atoms with E-state index in [1.54, 1.807) is 11.8 Å². The largest absolute Gasteiger partial charge is 0.351 e. The monoisotopic (exact) mass is 305 g/mol. The Balaban J connectivity index is 1.66. The molecule has 2 nitrogen and oxygen atoms in total. The fourth-order valence-corrected chi connectivity index (χ4v) is 2.63. The minimum Gasteiger partial charge on any atom is -0.351 e. The Morgan fingerprint density at radius 1 is 1.00 bits per heavy atom. The predicted molar refractivity (Wildman–Crippen MR) is 85.9 cm³/mol. The van der Waals surface area contributed by atoms with Crippen LogP contribution in [-0.4, -0.2) is 11.7 Å². The van der Waals surface area contributed by atoms with Gasteiger partial charge in [0.25, 0.3) is 0 Å². The van der Waals surface area contributed by atoms with Gasteiger partial charge in [0.2, 0.25) is 5.91 Å². The van der Waals surface area contributed by atoms with Crippen LogP contribution in [0.5, 0.6) is 0 Å². The van der Waals surface area contributed by atoms with Crippen LogP contribution in [0.4, 0.5) is 0 Å². The molecular weight excluding hydrogens is 290 g/mol. The Hall–Kier alpha value is -1.45. The summed E-state index contributed by atoms with van der Waals surface area (Å²) in [5.74, 6) is 1.35. The van der Waals surface area contributed by atoms with Crippen molar-refractivity contribution < 1.29 is 4.79 Å². The molecule has 0 radical (unpaired) electrons. The molecule has 0 aliphatic carbocycles. The van der Waals surface area contributed by atoms with Crippen LogP contribution in [0, 0.1) is 0 Å². The molecule has 0 aromatic heterocycles. The Morgan fingerprint density at radius 3 is 2.40 bits per heavy atom. The van der Waals surface area contributed by atoms with Gasteiger partial charge in [-0.1, -0.05) is 54.1 Å². The van der Waals surface area contributed by atoms with Gasteiger partial charge in [0.15, 0.2) is 0 Å². The molecule has 104 valence electrons. The fourth-order valence-electron chi connectivity index (χ4n) is 1.69. The topological polar surface area (TPSA) is 29.1 Å². The van der Waals surface area contributed by atoms with Crippen molar-refractivity contribution in [1.82, 2.24) is 5.32 Å². The molecule has 0 unspecified atom stereocenters. The van der Waals surface area contributed by atoms with Gasteiger partial charge >= 0.3 is 0 Å². The average Bonchev–Trinajstić information content (AvgIpc) is 2.48. The SMILES string of the molecule is O=C(CSCc1ccc(Cl)cc1)NCc1ccccc1. The number of rotatable bonds is 6. The molecule has 0 fully saturated rings. The molecule has 0 saturated carbocycles. The van der Waals surface area contributed by atoms with Crippen LogP contribution in [0.15, 0.2) is 54.6 Å². The first-order valence-corrected chi connectivity index (χ1v) is 7.90. The van der Waals surface area contributed by atoms with Gasteiger partial charge in [0.1, 0.15) is 0 Å². The third-order valence-electron chi connectivity index (χ3n) is 2.75. The molecule has 1 N–H and O–H groups in total. The third-order valence-corrected chi connectivity index (χ3v) is 4.00. The minimum absolute atomic E-state index is 0.0628. The number of carbonyl (C=O) groups is 1. The van der Waals surface area contributed by atoms with E-state index in [9.17, 15) is 4.79 Å². The number of hydrogen-bond acceptors (Lipinski definition) is 2. The zero-order valence-electron chi connectivity index (χ0n) is 11.0. The Bertz CT molecular complexity index is 542. The van der Waals surface area contributed by atoms with Gasteiger partial charge in [0.05, 0.1) is 5.75 Å². The predicted octanol–water partition coefficient (Wildman–Crippen LogP) is 3.89. The third kappa shape index (κ3) is 5.27. The summed E-state index contributed by atoms with van der Waals surface area (Å²) in [6.45, 7) is 0.585. The van der Waals surface area contributed by atoms with Crippen LogP contribution in [0.2, 0.25) is 5.02 Å². The number of benzene rings is 2. The highest BCUT2D eigenvalue weighted by molar-refractivity contribution is 7.99. The molecule has 0 aliphatic heterocycles. The quantitative estimate of drug-likeness (QED) is 0.877. The van der Waals surface area contributed by atoms with E-state index in [4.69, 9.17) is 11.6 Å². The molecule has 4 heteroatoms. The van der Waals surface area contributed by atoms with Crippen LogP contribution >= 0.6 is 23.4 Å². The lowest BCUT2D eigenvalue weighted by atomic mass is 10.2. The second-order valence-electron chi connectivity index (χ2n) is 4.38. The number of hydrogen-bond donors (Lipinski definition) is 1. The van der Waals surface area contributed by atoms with Gasteiger partial charge in [-0.05, 0) is 23.3 Å². The smallest absolute Gasteiger partial charge is 0.230 e. The van der Waals surface area contributed by atoms with E-state index in [-0.39, 0.29) is 5.91 Å². The zero-order valence-corrected chi connectivity index (χ0v) is 12.6. The average molecular weight is 306 g/mol. The number of halogens is 1. The van der Waals surface area contributed by atoms with Crippen molar-refractivity contribution in [2.45, 2.75) is 12.3 Å². The lowest BCUT2D eigenvalue weighted by Gasteiger charge is -2.05. The van der Waals surface area contributed by atoms with Crippen LogP contribution < -0.4 is 5.32 Å². The first-order valence-electron chi connectivity index (χ1n) is 6.37. The van der Waals surface area contributed by atoms with E-state index >= 15 is 0 Å². The summed E-state index contributed by atoms with van der Waals surface area (Å²) in [6.07, 6.45) is 0. The lowest BCUT2D eigenvalue weighted by molar-refractivity contribution is -0.118. The van der Waals surface area contributed by atoms with E-state index in [0.717, 1.165) is 16.3 Å². The van der Waals surface area contributed by atoms with Gasteiger partial charge < -0.3 is 5.32 Å².